The van der Waals surface area contributed by atoms with Gasteiger partial charge in [0.25, 0.3) is 0 Å². The van der Waals surface area contributed by atoms with Crippen molar-refractivity contribution in [1.82, 2.24) is 0 Å². The van der Waals surface area contributed by atoms with Crippen LogP contribution in [-0.4, -0.2) is 19.7 Å². The number of hydrogen-bond donors (Lipinski definition) is 1. The Bertz CT molecular complexity index is 279. The number of hydrogen-bond acceptors (Lipinski definition) is 2. The Morgan fingerprint density at radius 1 is 1.29 bits per heavy atom. The van der Waals surface area contributed by atoms with Crippen molar-refractivity contribution in [3.8, 4) is 6.07 Å². The van der Waals surface area contributed by atoms with Crippen molar-refractivity contribution in [3.05, 3.63) is 35.9 Å². The summed E-state index contributed by atoms with van der Waals surface area (Å²) in [6.45, 7) is 2.70. The van der Waals surface area contributed by atoms with Crippen LogP contribution in [0.1, 0.15) is 5.56 Å². The molecule has 0 unspecified atom stereocenters. The van der Waals surface area contributed by atoms with Gasteiger partial charge in [0.2, 0.25) is 0 Å². The highest BCUT2D eigenvalue weighted by molar-refractivity contribution is 5.13. The van der Waals surface area contributed by atoms with Crippen LogP contribution in [0.25, 0.3) is 0 Å². The van der Waals surface area contributed by atoms with E-state index in [1.54, 1.807) is 0 Å². The van der Waals surface area contributed by atoms with Gasteiger partial charge in [-0.05, 0) is 5.56 Å². The summed E-state index contributed by atoms with van der Waals surface area (Å²) in [7, 11) is 0. The Kier molecular flexibility index (Phi) is 5.41. The fraction of sp³-hybridized carbons (Fsp3) is 0.364. The Hall–Kier alpha value is -1.37. The van der Waals surface area contributed by atoms with Gasteiger partial charge in [-0.2, -0.15) is 5.26 Å². The van der Waals surface area contributed by atoms with Gasteiger partial charge in [0, 0.05) is 0 Å². The van der Waals surface area contributed by atoms with Gasteiger partial charge >= 0.3 is 0 Å². The molecule has 0 heterocycles. The Morgan fingerprint density at radius 2 is 2.07 bits per heavy atom. The van der Waals surface area contributed by atoms with Crippen molar-refractivity contribution in [2.75, 3.05) is 19.7 Å². The van der Waals surface area contributed by atoms with E-state index in [0.29, 0.717) is 19.8 Å². The molecule has 0 amide bonds. The maximum absolute atomic E-state index is 8.28. The second kappa shape index (κ2) is 7.07. The van der Waals surface area contributed by atoms with Gasteiger partial charge in [-0.1, -0.05) is 30.3 Å². The van der Waals surface area contributed by atoms with E-state index >= 15 is 0 Å². The Balaban J connectivity index is 2.03. The van der Waals surface area contributed by atoms with E-state index in [-0.39, 0.29) is 0 Å². The average Bonchev–Trinajstić information content (AvgIpc) is 2.25. The number of rotatable bonds is 6. The van der Waals surface area contributed by atoms with Gasteiger partial charge in [-0.25, -0.2) is 0 Å². The van der Waals surface area contributed by atoms with Crippen LogP contribution in [0.5, 0.6) is 0 Å². The molecule has 0 aliphatic rings. The molecular formula is C11H15N2O+. The predicted octanol–water partition coefficient (Wildman–Crippen LogP) is 0.290. The molecule has 0 radical (unpaired) electrons. The van der Waals surface area contributed by atoms with Crippen molar-refractivity contribution < 1.29 is 10.1 Å². The number of ether oxygens (including phenoxy) is 1. The van der Waals surface area contributed by atoms with Gasteiger partial charge in [-0.3, -0.25) is 0 Å². The van der Waals surface area contributed by atoms with E-state index in [0.717, 1.165) is 6.54 Å². The predicted molar refractivity (Wildman–Crippen MR) is 53.4 cm³/mol. The summed E-state index contributed by atoms with van der Waals surface area (Å²) in [5.41, 5.74) is 1.19. The second-order valence-electron chi connectivity index (χ2n) is 2.98. The van der Waals surface area contributed by atoms with Crippen molar-refractivity contribution in [2.45, 2.75) is 6.61 Å². The molecule has 0 aliphatic carbocycles. The van der Waals surface area contributed by atoms with Gasteiger partial charge < -0.3 is 10.1 Å². The van der Waals surface area contributed by atoms with Gasteiger partial charge in [0.1, 0.15) is 12.6 Å². The molecule has 1 aromatic rings. The number of nitriles is 1. The molecule has 0 saturated carbocycles. The maximum Gasteiger partial charge on any atom is 0.163 e. The highest BCUT2D eigenvalue weighted by atomic mass is 16.5. The largest absolute Gasteiger partial charge is 0.371 e. The molecule has 0 bridgehead atoms. The SMILES string of the molecule is N#CC[NH2+]CCOCc1ccccc1. The summed E-state index contributed by atoms with van der Waals surface area (Å²) in [6, 6.07) is 12.1. The van der Waals surface area contributed by atoms with E-state index in [4.69, 9.17) is 10.00 Å². The van der Waals surface area contributed by atoms with Crippen LogP contribution in [0.15, 0.2) is 30.3 Å². The van der Waals surface area contributed by atoms with Crippen LogP contribution in [0.3, 0.4) is 0 Å². The first-order chi connectivity index (χ1) is 6.93. The minimum absolute atomic E-state index is 0.509. The van der Waals surface area contributed by atoms with Crippen LogP contribution in [0.4, 0.5) is 0 Å². The molecule has 2 N–H and O–H groups in total. The zero-order chi connectivity index (χ0) is 10.1. The zero-order valence-corrected chi connectivity index (χ0v) is 8.15. The van der Waals surface area contributed by atoms with Gasteiger partial charge in [-0.15, -0.1) is 0 Å². The van der Waals surface area contributed by atoms with E-state index in [1.807, 2.05) is 35.6 Å². The first-order valence-corrected chi connectivity index (χ1v) is 4.74. The fourth-order valence-electron chi connectivity index (χ4n) is 1.10. The molecule has 0 fully saturated rings. The molecule has 3 nitrogen and oxygen atoms in total. The van der Waals surface area contributed by atoms with Gasteiger partial charge in [0.05, 0.1) is 13.2 Å². The summed E-state index contributed by atoms with van der Waals surface area (Å²) in [6.07, 6.45) is 0. The molecule has 74 valence electrons. The number of nitrogens with two attached hydrogens (primary N) is 1. The summed E-state index contributed by atoms with van der Waals surface area (Å²) in [5.74, 6) is 0. The topological polar surface area (TPSA) is 49.6 Å². The molecule has 3 heteroatoms. The van der Waals surface area contributed by atoms with Crippen molar-refractivity contribution in [3.63, 3.8) is 0 Å². The van der Waals surface area contributed by atoms with Crippen LogP contribution in [-0.2, 0) is 11.3 Å². The third-order valence-corrected chi connectivity index (χ3v) is 1.81. The first kappa shape index (κ1) is 10.7. The third-order valence-electron chi connectivity index (χ3n) is 1.81. The highest BCUT2D eigenvalue weighted by Crippen LogP contribution is 1.99. The maximum atomic E-state index is 8.28. The summed E-state index contributed by atoms with van der Waals surface area (Å²) >= 11 is 0. The quantitative estimate of drug-likeness (QED) is 0.519. The fourth-order valence-corrected chi connectivity index (χ4v) is 1.10. The molecule has 1 aromatic carbocycles. The molecule has 0 saturated heterocycles. The lowest BCUT2D eigenvalue weighted by Gasteiger charge is -2.02. The number of nitrogens with zero attached hydrogens (tertiary/aromatic N) is 1. The van der Waals surface area contributed by atoms with Crippen LogP contribution < -0.4 is 5.32 Å². The lowest BCUT2D eigenvalue weighted by atomic mass is 10.2. The summed E-state index contributed by atoms with van der Waals surface area (Å²) in [4.78, 5) is 0. The lowest BCUT2D eigenvalue weighted by molar-refractivity contribution is -0.646. The minimum atomic E-state index is 0.509. The third kappa shape index (κ3) is 4.61. The van der Waals surface area contributed by atoms with Crippen LogP contribution in [0.2, 0.25) is 0 Å². The van der Waals surface area contributed by atoms with E-state index in [9.17, 15) is 0 Å². The first-order valence-electron chi connectivity index (χ1n) is 4.74. The molecule has 1 rings (SSSR count). The second-order valence-corrected chi connectivity index (χ2v) is 2.98. The van der Waals surface area contributed by atoms with Crippen molar-refractivity contribution >= 4 is 0 Å². The number of quaternary nitrogens is 1. The van der Waals surface area contributed by atoms with Crippen LogP contribution in [0, 0.1) is 11.3 Å². The van der Waals surface area contributed by atoms with Crippen LogP contribution >= 0.6 is 0 Å². The Labute approximate surface area is 84.3 Å². The van der Waals surface area contributed by atoms with E-state index in [1.165, 1.54) is 5.56 Å². The standard InChI is InChI=1S/C11H14N2O/c12-6-7-13-8-9-14-10-11-4-2-1-3-5-11/h1-5,13H,7-10H2/p+1. The Morgan fingerprint density at radius 3 is 2.79 bits per heavy atom. The minimum Gasteiger partial charge on any atom is -0.371 e. The van der Waals surface area contributed by atoms with Crippen molar-refractivity contribution in [2.24, 2.45) is 0 Å². The molecule has 0 aliphatic heterocycles. The summed E-state index contributed by atoms with van der Waals surface area (Å²) in [5, 5.41) is 10.2. The summed E-state index contributed by atoms with van der Waals surface area (Å²) < 4.78 is 5.43. The number of benzene rings is 1. The molecule has 0 atom stereocenters. The highest BCUT2D eigenvalue weighted by Gasteiger charge is 1.92. The molecule has 14 heavy (non-hydrogen) atoms. The smallest absolute Gasteiger partial charge is 0.163 e. The molecular weight excluding hydrogens is 176 g/mol. The van der Waals surface area contributed by atoms with E-state index in [2.05, 4.69) is 6.07 Å². The van der Waals surface area contributed by atoms with Gasteiger partial charge in [0.15, 0.2) is 6.54 Å². The monoisotopic (exact) mass is 191 g/mol. The lowest BCUT2D eigenvalue weighted by Crippen LogP contribution is -2.85. The van der Waals surface area contributed by atoms with Crippen molar-refractivity contribution in [1.29, 1.82) is 5.26 Å². The average molecular weight is 191 g/mol. The molecule has 0 spiro atoms. The normalized spacial score (nSPS) is 9.64. The van der Waals surface area contributed by atoms with E-state index < -0.39 is 0 Å². The zero-order valence-electron chi connectivity index (χ0n) is 8.15. The molecule has 0 aromatic heterocycles.